The predicted octanol–water partition coefficient (Wildman–Crippen LogP) is 3.49. The highest BCUT2D eigenvalue weighted by Gasteiger charge is 2.15. The summed E-state index contributed by atoms with van der Waals surface area (Å²) in [5, 5.41) is 3.66. The highest BCUT2D eigenvalue weighted by molar-refractivity contribution is 7.98. The standard InChI is InChI=1S/C21H27N3O2S/c1-13(16-9-8-15-6-4-5-7-17(15)12-16)22-19(25)11-10-18-14(2)23-21(27-3)24-20(18)26/h8-9,12-13H,4-7,10-11H2,1-3H3,(H,22,25)(H,23,24,26). The van der Waals surface area contributed by atoms with Gasteiger partial charge in [0.2, 0.25) is 5.91 Å². The monoisotopic (exact) mass is 385 g/mol. The molecule has 0 saturated carbocycles. The molecule has 1 aromatic carbocycles. The average molecular weight is 386 g/mol. The molecule has 0 saturated heterocycles. The summed E-state index contributed by atoms with van der Waals surface area (Å²) in [6.07, 6.45) is 7.34. The van der Waals surface area contributed by atoms with E-state index in [0.717, 1.165) is 18.4 Å². The SMILES string of the molecule is CSc1nc(C)c(CCC(=O)NC(C)c2ccc3c(c2)CCCC3)c(=O)[nH]1. The molecule has 1 aliphatic carbocycles. The number of carbonyl (C=O) groups is 1. The lowest BCUT2D eigenvalue weighted by atomic mass is 9.89. The number of benzene rings is 1. The molecule has 0 aliphatic heterocycles. The molecular weight excluding hydrogens is 358 g/mol. The normalized spacial score (nSPS) is 14.5. The molecule has 6 heteroatoms. The number of carbonyl (C=O) groups excluding carboxylic acids is 1. The van der Waals surface area contributed by atoms with Crippen molar-refractivity contribution in [2.75, 3.05) is 6.26 Å². The molecule has 0 radical (unpaired) electrons. The number of aryl methyl sites for hydroxylation is 3. The van der Waals surface area contributed by atoms with Crippen LogP contribution in [0.3, 0.4) is 0 Å². The third-order valence-electron chi connectivity index (χ3n) is 5.25. The van der Waals surface area contributed by atoms with Crippen molar-refractivity contribution in [2.24, 2.45) is 0 Å². The van der Waals surface area contributed by atoms with Crippen LogP contribution >= 0.6 is 11.8 Å². The van der Waals surface area contributed by atoms with E-state index < -0.39 is 0 Å². The Morgan fingerprint density at radius 3 is 2.74 bits per heavy atom. The molecule has 144 valence electrons. The Balaban J connectivity index is 1.60. The fourth-order valence-corrected chi connectivity index (χ4v) is 4.06. The van der Waals surface area contributed by atoms with E-state index in [2.05, 4.69) is 33.5 Å². The Labute approximate surface area is 164 Å². The van der Waals surface area contributed by atoms with Crippen LogP contribution in [0.15, 0.2) is 28.2 Å². The first-order valence-electron chi connectivity index (χ1n) is 9.52. The lowest BCUT2D eigenvalue weighted by molar-refractivity contribution is -0.121. The fraction of sp³-hybridized carbons (Fsp3) is 0.476. The van der Waals surface area contributed by atoms with Crippen LogP contribution in [-0.2, 0) is 24.1 Å². The molecule has 1 amide bonds. The minimum Gasteiger partial charge on any atom is -0.350 e. The summed E-state index contributed by atoms with van der Waals surface area (Å²) in [7, 11) is 0. The van der Waals surface area contributed by atoms with Crippen LogP contribution in [0.5, 0.6) is 0 Å². The summed E-state index contributed by atoms with van der Waals surface area (Å²) in [5.41, 5.74) is 5.14. The number of aromatic nitrogens is 2. The van der Waals surface area contributed by atoms with E-state index in [1.54, 1.807) is 0 Å². The number of amides is 1. The first-order valence-corrected chi connectivity index (χ1v) is 10.7. The molecule has 2 N–H and O–H groups in total. The molecule has 2 aromatic rings. The van der Waals surface area contributed by atoms with Crippen molar-refractivity contribution < 1.29 is 4.79 Å². The van der Waals surface area contributed by atoms with Gasteiger partial charge in [-0.3, -0.25) is 9.59 Å². The van der Waals surface area contributed by atoms with Crippen LogP contribution in [-0.4, -0.2) is 22.1 Å². The van der Waals surface area contributed by atoms with Crippen molar-refractivity contribution >= 4 is 17.7 Å². The number of aromatic amines is 1. The van der Waals surface area contributed by atoms with Gasteiger partial charge in [0.05, 0.1) is 6.04 Å². The first kappa shape index (κ1) is 19.7. The second kappa shape index (κ2) is 8.74. The molecule has 1 aromatic heterocycles. The van der Waals surface area contributed by atoms with Crippen LogP contribution in [0.1, 0.15) is 60.2 Å². The first-order chi connectivity index (χ1) is 13.0. The van der Waals surface area contributed by atoms with Crippen LogP contribution in [0, 0.1) is 6.92 Å². The quantitative estimate of drug-likeness (QED) is 0.590. The third kappa shape index (κ3) is 4.80. The summed E-state index contributed by atoms with van der Waals surface area (Å²) in [6, 6.07) is 6.52. The molecule has 0 fully saturated rings. The van der Waals surface area contributed by atoms with E-state index >= 15 is 0 Å². The second-order valence-corrected chi connectivity index (χ2v) is 7.96. The van der Waals surface area contributed by atoms with Gasteiger partial charge in [-0.1, -0.05) is 30.0 Å². The van der Waals surface area contributed by atoms with Crippen LogP contribution < -0.4 is 10.9 Å². The zero-order valence-corrected chi connectivity index (χ0v) is 17.0. The molecule has 1 aliphatic rings. The summed E-state index contributed by atoms with van der Waals surface area (Å²) in [5.74, 6) is -0.0482. The predicted molar refractivity (Wildman–Crippen MR) is 109 cm³/mol. The molecule has 1 heterocycles. The second-order valence-electron chi connectivity index (χ2n) is 7.16. The number of H-pyrrole nitrogens is 1. The van der Waals surface area contributed by atoms with Crippen molar-refractivity contribution in [1.29, 1.82) is 0 Å². The van der Waals surface area contributed by atoms with Gasteiger partial charge < -0.3 is 10.3 Å². The topological polar surface area (TPSA) is 74.8 Å². The van der Waals surface area contributed by atoms with Gasteiger partial charge in [0.15, 0.2) is 5.16 Å². The molecule has 1 unspecified atom stereocenters. The smallest absolute Gasteiger partial charge is 0.254 e. The Bertz CT molecular complexity index is 891. The van der Waals surface area contributed by atoms with Crippen molar-refractivity contribution in [3.8, 4) is 0 Å². The Hall–Kier alpha value is -2.08. The highest BCUT2D eigenvalue weighted by Crippen LogP contribution is 2.24. The van der Waals surface area contributed by atoms with E-state index in [0.29, 0.717) is 22.8 Å². The largest absolute Gasteiger partial charge is 0.350 e. The molecule has 0 spiro atoms. The van der Waals surface area contributed by atoms with Gasteiger partial charge in [-0.05, 0) is 68.9 Å². The van der Waals surface area contributed by atoms with Gasteiger partial charge in [0, 0.05) is 17.7 Å². The van der Waals surface area contributed by atoms with Crippen molar-refractivity contribution in [2.45, 2.75) is 63.6 Å². The van der Waals surface area contributed by atoms with Crippen molar-refractivity contribution in [3.05, 3.63) is 56.5 Å². The van der Waals surface area contributed by atoms with Gasteiger partial charge in [0.25, 0.3) is 5.56 Å². The molecule has 5 nitrogen and oxygen atoms in total. The van der Waals surface area contributed by atoms with E-state index in [4.69, 9.17) is 0 Å². The lowest BCUT2D eigenvalue weighted by Crippen LogP contribution is -2.28. The van der Waals surface area contributed by atoms with E-state index in [1.807, 2.05) is 20.1 Å². The average Bonchev–Trinajstić information content (AvgIpc) is 2.66. The van der Waals surface area contributed by atoms with Crippen molar-refractivity contribution in [1.82, 2.24) is 15.3 Å². The number of hydrogen-bond acceptors (Lipinski definition) is 4. The maximum atomic E-state index is 12.4. The maximum absolute atomic E-state index is 12.4. The number of fused-ring (bicyclic) bond motifs is 1. The summed E-state index contributed by atoms with van der Waals surface area (Å²) in [6.45, 7) is 3.83. The van der Waals surface area contributed by atoms with Crippen LogP contribution in [0.2, 0.25) is 0 Å². The van der Waals surface area contributed by atoms with Gasteiger partial charge in [0.1, 0.15) is 0 Å². The number of nitrogens with one attached hydrogen (secondary N) is 2. The minimum absolute atomic E-state index is 0.0406. The molecule has 27 heavy (non-hydrogen) atoms. The zero-order valence-electron chi connectivity index (χ0n) is 16.2. The third-order valence-corrected chi connectivity index (χ3v) is 5.83. The van der Waals surface area contributed by atoms with E-state index in [9.17, 15) is 9.59 Å². The summed E-state index contributed by atoms with van der Waals surface area (Å²) in [4.78, 5) is 31.7. The number of hydrogen-bond donors (Lipinski definition) is 2. The molecule has 3 rings (SSSR count). The van der Waals surface area contributed by atoms with Gasteiger partial charge in [-0.2, -0.15) is 0 Å². The highest BCUT2D eigenvalue weighted by atomic mass is 32.2. The number of rotatable bonds is 6. The maximum Gasteiger partial charge on any atom is 0.254 e. The minimum atomic E-state index is -0.151. The van der Waals surface area contributed by atoms with Gasteiger partial charge in [-0.25, -0.2) is 4.98 Å². The Kier molecular flexibility index (Phi) is 6.37. The van der Waals surface area contributed by atoms with Gasteiger partial charge in [-0.15, -0.1) is 0 Å². The molecular formula is C21H27N3O2S. The fourth-order valence-electron chi connectivity index (χ4n) is 3.63. The van der Waals surface area contributed by atoms with E-state index in [1.165, 1.54) is 35.7 Å². The van der Waals surface area contributed by atoms with Crippen LogP contribution in [0.4, 0.5) is 0 Å². The molecule has 1 atom stereocenters. The van der Waals surface area contributed by atoms with E-state index in [-0.39, 0.29) is 23.9 Å². The van der Waals surface area contributed by atoms with Crippen LogP contribution in [0.25, 0.3) is 0 Å². The summed E-state index contributed by atoms with van der Waals surface area (Å²) >= 11 is 1.40. The van der Waals surface area contributed by atoms with Gasteiger partial charge >= 0.3 is 0 Å². The molecule has 0 bridgehead atoms. The Morgan fingerprint density at radius 1 is 1.30 bits per heavy atom. The number of thioether (sulfide) groups is 1. The number of nitrogens with zero attached hydrogens (tertiary/aromatic N) is 1. The van der Waals surface area contributed by atoms with Crippen molar-refractivity contribution in [3.63, 3.8) is 0 Å². The zero-order chi connectivity index (χ0) is 19.4. The summed E-state index contributed by atoms with van der Waals surface area (Å²) < 4.78 is 0. The lowest BCUT2D eigenvalue weighted by Gasteiger charge is -2.20. The Morgan fingerprint density at radius 2 is 2.04 bits per heavy atom.